The number of hydrogen-bond acceptors (Lipinski definition) is 2. The molecule has 0 bridgehead atoms. The molecule has 2 atom stereocenters. The minimum absolute atomic E-state index is 0.450. The maximum Gasteiger partial charge on any atom is 0.0447 e. The summed E-state index contributed by atoms with van der Waals surface area (Å²) in [6, 6.07) is 8.11. The van der Waals surface area contributed by atoms with Crippen molar-refractivity contribution in [3.8, 4) is 0 Å². The van der Waals surface area contributed by atoms with Gasteiger partial charge in [-0.3, -0.25) is 4.90 Å². The van der Waals surface area contributed by atoms with Crippen LogP contribution in [0.1, 0.15) is 48.9 Å². The highest BCUT2D eigenvalue weighted by atomic mass is 15.2. The minimum Gasteiger partial charge on any atom is -0.312 e. The molecule has 1 N–H and O–H groups in total. The predicted octanol–water partition coefficient (Wildman–Crippen LogP) is 3.44. The Bertz CT molecular complexity index is 414. The van der Waals surface area contributed by atoms with E-state index in [1.54, 1.807) is 0 Å². The average molecular weight is 260 g/mol. The number of hydrogen-bond donors (Lipinski definition) is 1. The standard InChI is InChI=1S/C17H28N2/c1-5-16-7-6-10-19(16)12-17(18-4)15-9-8-13(2)14(3)11-15/h8-9,11,16-18H,5-7,10,12H2,1-4H3. The summed E-state index contributed by atoms with van der Waals surface area (Å²) in [5, 5.41) is 3.49. The van der Waals surface area contributed by atoms with Crippen LogP contribution in [0.3, 0.4) is 0 Å². The van der Waals surface area contributed by atoms with Gasteiger partial charge in [-0.2, -0.15) is 0 Å². The Labute approximate surface area is 118 Å². The zero-order chi connectivity index (χ0) is 13.8. The maximum atomic E-state index is 3.49. The second-order valence-electron chi connectivity index (χ2n) is 5.88. The van der Waals surface area contributed by atoms with E-state index in [4.69, 9.17) is 0 Å². The van der Waals surface area contributed by atoms with Crippen molar-refractivity contribution in [1.82, 2.24) is 10.2 Å². The van der Waals surface area contributed by atoms with Gasteiger partial charge in [0.15, 0.2) is 0 Å². The fourth-order valence-corrected chi connectivity index (χ4v) is 3.18. The molecule has 106 valence electrons. The van der Waals surface area contributed by atoms with Gasteiger partial charge in [0.1, 0.15) is 0 Å². The Hall–Kier alpha value is -0.860. The van der Waals surface area contributed by atoms with Crippen LogP contribution in [0.15, 0.2) is 18.2 Å². The van der Waals surface area contributed by atoms with E-state index in [1.165, 1.54) is 42.5 Å². The van der Waals surface area contributed by atoms with Crippen molar-refractivity contribution in [3.05, 3.63) is 34.9 Å². The number of likely N-dealkylation sites (N-methyl/N-ethyl adjacent to an activating group) is 1. The fraction of sp³-hybridized carbons (Fsp3) is 0.647. The number of aryl methyl sites for hydroxylation is 2. The Kier molecular flexibility index (Phi) is 5.00. The van der Waals surface area contributed by atoms with Crippen LogP contribution in [0, 0.1) is 13.8 Å². The Morgan fingerprint density at radius 1 is 1.32 bits per heavy atom. The van der Waals surface area contributed by atoms with E-state index in [1.807, 2.05) is 0 Å². The molecule has 1 aromatic rings. The van der Waals surface area contributed by atoms with Crippen LogP contribution >= 0.6 is 0 Å². The molecule has 1 saturated heterocycles. The maximum absolute atomic E-state index is 3.49. The van der Waals surface area contributed by atoms with Crippen molar-refractivity contribution in [2.45, 2.75) is 52.1 Å². The lowest BCUT2D eigenvalue weighted by Gasteiger charge is -2.28. The topological polar surface area (TPSA) is 15.3 Å². The molecule has 0 amide bonds. The van der Waals surface area contributed by atoms with Gasteiger partial charge in [-0.1, -0.05) is 25.1 Å². The summed E-state index contributed by atoms with van der Waals surface area (Å²) >= 11 is 0. The van der Waals surface area contributed by atoms with E-state index in [2.05, 4.69) is 56.2 Å². The highest BCUT2D eigenvalue weighted by molar-refractivity contribution is 5.31. The van der Waals surface area contributed by atoms with Crippen molar-refractivity contribution in [3.63, 3.8) is 0 Å². The van der Waals surface area contributed by atoms with E-state index >= 15 is 0 Å². The second kappa shape index (κ2) is 6.53. The quantitative estimate of drug-likeness (QED) is 0.872. The van der Waals surface area contributed by atoms with E-state index in [0.29, 0.717) is 6.04 Å². The summed E-state index contributed by atoms with van der Waals surface area (Å²) in [4.78, 5) is 2.66. The van der Waals surface area contributed by atoms with Crippen LogP contribution in [0.4, 0.5) is 0 Å². The van der Waals surface area contributed by atoms with E-state index in [-0.39, 0.29) is 0 Å². The van der Waals surface area contributed by atoms with Gasteiger partial charge in [0.2, 0.25) is 0 Å². The van der Waals surface area contributed by atoms with Gasteiger partial charge in [0.25, 0.3) is 0 Å². The molecule has 2 rings (SSSR count). The molecule has 0 aliphatic carbocycles. The lowest BCUT2D eigenvalue weighted by atomic mass is 10.0. The van der Waals surface area contributed by atoms with E-state index in [9.17, 15) is 0 Å². The molecule has 2 nitrogen and oxygen atoms in total. The Morgan fingerprint density at radius 2 is 2.11 bits per heavy atom. The first-order valence-electron chi connectivity index (χ1n) is 7.64. The predicted molar refractivity (Wildman–Crippen MR) is 82.6 cm³/mol. The van der Waals surface area contributed by atoms with Crippen LogP contribution in [0.5, 0.6) is 0 Å². The summed E-state index contributed by atoms with van der Waals surface area (Å²) in [5.74, 6) is 0. The molecular formula is C17H28N2. The number of nitrogens with zero attached hydrogens (tertiary/aromatic N) is 1. The highest BCUT2D eigenvalue weighted by Gasteiger charge is 2.25. The monoisotopic (exact) mass is 260 g/mol. The van der Waals surface area contributed by atoms with Gasteiger partial charge in [0.05, 0.1) is 0 Å². The molecule has 19 heavy (non-hydrogen) atoms. The average Bonchev–Trinajstić information content (AvgIpc) is 2.86. The first-order valence-corrected chi connectivity index (χ1v) is 7.64. The van der Waals surface area contributed by atoms with Crippen molar-refractivity contribution < 1.29 is 0 Å². The minimum atomic E-state index is 0.450. The number of likely N-dealkylation sites (tertiary alicyclic amines) is 1. The molecule has 0 aromatic heterocycles. The Morgan fingerprint density at radius 3 is 2.74 bits per heavy atom. The molecule has 1 aliphatic heterocycles. The molecule has 1 aliphatic rings. The molecule has 2 heteroatoms. The molecule has 0 spiro atoms. The van der Waals surface area contributed by atoms with Crippen LogP contribution in [0.25, 0.3) is 0 Å². The first-order chi connectivity index (χ1) is 9.15. The number of nitrogens with one attached hydrogen (secondary N) is 1. The van der Waals surface area contributed by atoms with Gasteiger partial charge < -0.3 is 5.32 Å². The number of rotatable bonds is 5. The van der Waals surface area contributed by atoms with Crippen molar-refractivity contribution in [2.24, 2.45) is 0 Å². The fourth-order valence-electron chi connectivity index (χ4n) is 3.18. The molecular weight excluding hydrogens is 232 g/mol. The van der Waals surface area contributed by atoms with Gasteiger partial charge in [-0.15, -0.1) is 0 Å². The largest absolute Gasteiger partial charge is 0.312 e. The van der Waals surface area contributed by atoms with Gasteiger partial charge in [-0.05, 0) is 63.4 Å². The van der Waals surface area contributed by atoms with E-state index in [0.717, 1.165) is 12.6 Å². The summed E-state index contributed by atoms with van der Waals surface area (Å²) in [6.07, 6.45) is 4.02. The highest BCUT2D eigenvalue weighted by Crippen LogP contribution is 2.24. The summed E-state index contributed by atoms with van der Waals surface area (Å²) in [6.45, 7) is 9.10. The van der Waals surface area contributed by atoms with Crippen molar-refractivity contribution in [2.75, 3.05) is 20.1 Å². The van der Waals surface area contributed by atoms with Crippen LogP contribution in [-0.4, -0.2) is 31.1 Å². The lowest BCUT2D eigenvalue weighted by molar-refractivity contribution is 0.224. The van der Waals surface area contributed by atoms with Crippen molar-refractivity contribution >= 4 is 0 Å². The summed E-state index contributed by atoms with van der Waals surface area (Å²) in [5.41, 5.74) is 4.20. The lowest BCUT2D eigenvalue weighted by Crippen LogP contribution is -2.36. The van der Waals surface area contributed by atoms with E-state index < -0.39 is 0 Å². The van der Waals surface area contributed by atoms with Crippen LogP contribution in [0.2, 0.25) is 0 Å². The second-order valence-corrected chi connectivity index (χ2v) is 5.88. The molecule has 1 heterocycles. The van der Waals surface area contributed by atoms with Gasteiger partial charge in [-0.25, -0.2) is 0 Å². The van der Waals surface area contributed by atoms with Crippen LogP contribution < -0.4 is 5.32 Å². The summed E-state index contributed by atoms with van der Waals surface area (Å²) < 4.78 is 0. The molecule has 1 aromatic carbocycles. The zero-order valence-electron chi connectivity index (χ0n) is 12.9. The van der Waals surface area contributed by atoms with Crippen molar-refractivity contribution in [1.29, 1.82) is 0 Å². The van der Waals surface area contributed by atoms with Gasteiger partial charge >= 0.3 is 0 Å². The smallest absolute Gasteiger partial charge is 0.0447 e. The molecule has 2 unspecified atom stereocenters. The normalized spacial score (nSPS) is 21.8. The number of benzene rings is 1. The zero-order valence-corrected chi connectivity index (χ0v) is 12.9. The Balaban J connectivity index is 2.09. The van der Waals surface area contributed by atoms with Crippen LogP contribution in [-0.2, 0) is 0 Å². The third-order valence-electron chi connectivity index (χ3n) is 4.67. The summed E-state index contributed by atoms with van der Waals surface area (Å²) in [7, 11) is 2.08. The molecule has 1 fully saturated rings. The first kappa shape index (κ1) is 14.5. The van der Waals surface area contributed by atoms with Gasteiger partial charge in [0, 0.05) is 18.6 Å². The SMILES string of the molecule is CCC1CCCN1CC(NC)c1ccc(C)c(C)c1. The third kappa shape index (κ3) is 3.37. The third-order valence-corrected chi connectivity index (χ3v) is 4.67. The molecule has 0 saturated carbocycles. The molecule has 0 radical (unpaired) electrons.